The first-order valence-electron chi connectivity index (χ1n) is 9.34. The molecule has 12 heteroatoms. The maximum Gasteiger partial charge on any atom is 0.534 e. The summed E-state index contributed by atoms with van der Waals surface area (Å²) in [5.41, 5.74) is -5.54. The number of ether oxygens (including phenoxy) is 3. The molecule has 1 heterocycles. The Morgan fingerprint density at radius 1 is 0.970 bits per heavy atom. The van der Waals surface area contributed by atoms with Crippen LogP contribution in [0.1, 0.15) is 5.56 Å². The van der Waals surface area contributed by atoms with Crippen molar-refractivity contribution in [3.8, 4) is 28.4 Å². The fraction of sp³-hybridized carbons (Fsp3) is 0.286. The summed E-state index contributed by atoms with van der Waals surface area (Å²) in [6.07, 6.45) is 0.240. The summed E-state index contributed by atoms with van der Waals surface area (Å²) in [5.74, 6) is 0.165. The van der Waals surface area contributed by atoms with Crippen LogP contribution in [0.15, 0.2) is 45.6 Å². The fourth-order valence-electron chi connectivity index (χ4n) is 3.21. The van der Waals surface area contributed by atoms with Gasteiger partial charge in [0.05, 0.1) is 26.4 Å². The van der Waals surface area contributed by atoms with E-state index in [-0.39, 0.29) is 24.2 Å². The molecule has 0 atom stereocenters. The highest BCUT2D eigenvalue weighted by molar-refractivity contribution is 7.88. The molecule has 0 saturated carbocycles. The van der Waals surface area contributed by atoms with Crippen LogP contribution in [0.3, 0.4) is 0 Å². The topological polar surface area (TPSA) is 101 Å². The minimum absolute atomic E-state index is 0.155. The van der Waals surface area contributed by atoms with Crippen LogP contribution < -0.4 is 19.3 Å². The number of halogens is 3. The molecule has 0 bridgehead atoms. The molecule has 0 radical (unpaired) electrons. The Bertz CT molecular complexity index is 1330. The number of fused-ring (bicyclic) bond motifs is 1. The largest absolute Gasteiger partial charge is 0.534 e. The van der Waals surface area contributed by atoms with Crippen molar-refractivity contribution in [2.24, 2.45) is 0 Å². The Morgan fingerprint density at radius 3 is 2.27 bits per heavy atom. The Balaban J connectivity index is 2.23. The molecular weight excluding hydrogens is 469 g/mol. The van der Waals surface area contributed by atoms with Crippen LogP contribution in [0, 0.1) is 0 Å². The maximum absolute atomic E-state index is 13.0. The van der Waals surface area contributed by atoms with E-state index in [0.717, 1.165) is 12.1 Å². The van der Waals surface area contributed by atoms with E-state index in [1.165, 1.54) is 27.4 Å². The lowest BCUT2D eigenvalue weighted by molar-refractivity contribution is -0.0500. The van der Waals surface area contributed by atoms with Crippen molar-refractivity contribution in [3.05, 3.63) is 52.4 Å². The Labute approximate surface area is 186 Å². The molecule has 0 fully saturated rings. The zero-order valence-corrected chi connectivity index (χ0v) is 18.5. The predicted molar refractivity (Wildman–Crippen MR) is 112 cm³/mol. The van der Waals surface area contributed by atoms with Gasteiger partial charge in [-0.2, -0.15) is 21.6 Å². The van der Waals surface area contributed by atoms with Gasteiger partial charge in [0.15, 0.2) is 0 Å². The molecule has 3 aromatic rings. The second-order valence-electron chi connectivity index (χ2n) is 6.69. The van der Waals surface area contributed by atoms with Crippen molar-refractivity contribution >= 4 is 21.1 Å². The number of methoxy groups -OCH3 is 3. The highest BCUT2D eigenvalue weighted by atomic mass is 32.2. The lowest BCUT2D eigenvalue weighted by Gasteiger charge is -2.15. The molecule has 8 nitrogen and oxygen atoms in total. The van der Waals surface area contributed by atoms with Gasteiger partial charge in [-0.25, -0.2) is 4.79 Å². The number of rotatable bonds is 8. The highest BCUT2D eigenvalue weighted by Gasteiger charge is 2.48. The lowest BCUT2D eigenvalue weighted by atomic mass is 9.95. The van der Waals surface area contributed by atoms with Gasteiger partial charge in [0.25, 0.3) is 0 Å². The molecule has 0 spiro atoms. The molecule has 3 rings (SSSR count). The van der Waals surface area contributed by atoms with Gasteiger partial charge >= 0.3 is 21.3 Å². The van der Waals surface area contributed by atoms with Gasteiger partial charge in [-0.1, -0.05) is 0 Å². The smallest absolute Gasteiger partial charge is 0.497 e. The molecule has 0 amide bonds. The SMILES string of the molecule is COCCc1c(-c2ccc(OC)cc2OC)c(=O)oc2cc(OS(=O)(=O)C(F)(F)F)ccc12. The van der Waals surface area contributed by atoms with Gasteiger partial charge < -0.3 is 22.8 Å². The van der Waals surface area contributed by atoms with Crippen LogP contribution in [0.4, 0.5) is 13.2 Å². The Morgan fingerprint density at radius 2 is 1.67 bits per heavy atom. The van der Waals surface area contributed by atoms with Gasteiger partial charge in [0, 0.05) is 30.2 Å². The van der Waals surface area contributed by atoms with Crippen molar-refractivity contribution < 1.29 is 44.4 Å². The maximum atomic E-state index is 13.0. The molecule has 0 aliphatic rings. The first-order valence-corrected chi connectivity index (χ1v) is 10.7. The molecule has 0 aliphatic heterocycles. The minimum Gasteiger partial charge on any atom is -0.497 e. The highest BCUT2D eigenvalue weighted by Crippen LogP contribution is 2.37. The van der Waals surface area contributed by atoms with Crippen LogP contribution in [-0.4, -0.2) is 41.9 Å². The first-order chi connectivity index (χ1) is 15.5. The van der Waals surface area contributed by atoms with E-state index in [9.17, 15) is 26.4 Å². The number of alkyl halides is 3. The van der Waals surface area contributed by atoms with Crippen LogP contribution in [0.5, 0.6) is 17.2 Å². The molecule has 0 saturated heterocycles. The number of hydrogen-bond acceptors (Lipinski definition) is 8. The monoisotopic (exact) mass is 488 g/mol. The van der Waals surface area contributed by atoms with E-state index in [2.05, 4.69) is 4.18 Å². The van der Waals surface area contributed by atoms with Gasteiger partial charge in [0.1, 0.15) is 22.8 Å². The van der Waals surface area contributed by atoms with E-state index >= 15 is 0 Å². The van der Waals surface area contributed by atoms with E-state index in [0.29, 0.717) is 28.0 Å². The fourth-order valence-corrected chi connectivity index (χ4v) is 3.66. The second-order valence-corrected chi connectivity index (χ2v) is 8.23. The summed E-state index contributed by atoms with van der Waals surface area (Å²) in [4.78, 5) is 13.0. The van der Waals surface area contributed by atoms with Crippen molar-refractivity contribution in [2.75, 3.05) is 27.9 Å². The standard InChI is InChI=1S/C21H19F3O8S/c1-28-9-8-15-14-6-5-13(32-33(26,27)21(22,23)24)11-18(14)31-20(25)19(15)16-7-4-12(29-2)10-17(16)30-3/h4-7,10-11H,8-9H2,1-3H3. The van der Waals surface area contributed by atoms with Gasteiger partial charge in [-0.05, 0) is 36.2 Å². The lowest BCUT2D eigenvalue weighted by Crippen LogP contribution is -2.28. The molecule has 178 valence electrons. The molecule has 1 aromatic heterocycles. The van der Waals surface area contributed by atoms with Gasteiger partial charge in [-0.15, -0.1) is 0 Å². The Kier molecular flexibility index (Phi) is 6.89. The molecule has 0 N–H and O–H groups in total. The average molecular weight is 488 g/mol. The van der Waals surface area contributed by atoms with Crippen molar-refractivity contribution in [1.82, 2.24) is 0 Å². The van der Waals surface area contributed by atoms with E-state index in [1.54, 1.807) is 18.2 Å². The quantitative estimate of drug-likeness (QED) is 0.267. The van der Waals surface area contributed by atoms with Gasteiger partial charge in [-0.3, -0.25) is 0 Å². The van der Waals surface area contributed by atoms with E-state index in [1.807, 2.05) is 0 Å². The summed E-state index contributed by atoms with van der Waals surface area (Å²) < 4.78 is 85.7. The Hall–Kier alpha value is -3.25. The number of benzene rings is 2. The number of hydrogen-bond donors (Lipinski definition) is 0. The van der Waals surface area contributed by atoms with Crippen molar-refractivity contribution in [3.63, 3.8) is 0 Å². The second kappa shape index (κ2) is 9.32. The first kappa shape index (κ1) is 24.4. The molecular formula is C21H19F3O8S. The molecule has 2 aromatic carbocycles. The summed E-state index contributed by atoms with van der Waals surface area (Å²) in [6.45, 7) is 0.213. The summed E-state index contributed by atoms with van der Waals surface area (Å²) in [7, 11) is -1.53. The minimum atomic E-state index is -5.89. The van der Waals surface area contributed by atoms with Crippen molar-refractivity contribution in [2.45, 2.75) is 11.9 Å². The molecule has 0 unspecified atom stereocenters. The van der Waals surface area contributed by atoms with Crippen molar-refractivity contribution in [1.29, 1.82) is 0 Å². The van der Waals surface area contributed by atoms with Crippen LogP contribution >= 0.6 is 0 Å². The predicted octanol–water partition coefficient (Wildman–Crippen LogP) is 3.89. The van der Waals surface area contributed by atoms with Gasteiger partial charge in [0.2, 0.25) is 0 Å². The molecule has 0 aliphatic carbocycles. The molecule has 33 heavy (non-hydrogen) atoms. The zero-order valence-electron chi connectivity index (χ0n) is 17.7. The summed E-state index contributed by atoms with van der Waals surface area (Å²) >= 11 is 0. The summed E-state index contributed by atoms with van der Waals surface area (Å²) in [6, 6.07) is 8.07. The normalized spacial score (nSPS) is 12.1. The third-order valence-electron chi connectivity index (χ3n) is 4.71. The third-order valence-corrected chi connectivity index (χ3v) is 5.69. The van der Waals surface area contributed by atoms with E-state index in [4.69, 9.17) is 18.6 Å². The van der Waals surface area contributed by atoms with Crippen LogP contribution in [0.25, 0.3) is 22.1 Å². The third kappa shape index (κ3) is 4.91. The summed E-state index contributed by atoms with van der Waals surface area (Å²) in [5, 5.41) is 0.358. The van der Waals surface area contributed by atoms with E-state index < -0.39 is 27.0 Å². The van der Waals surface area contributed by atoms with Crippen LogP contribution in [-0.2, 0) is 21.3 Å². The zero-order chi connectivity index (χ0) is 24.4. The average Bonchev–Trinajstić information content (AvgIpc) is 2.75. The van der Waals surface area contributed by atoms with Crippen LogP contribution in [0.2, 0.25) is 0 Å².